The first-order valence-corrected chi connectivity index (χ1v) is 7.71. The van der Waals surface area contributed by atoms with Crippen molar-refractivity contribution in [3.05, 3.63) is 59.7 Å². The third kappa shape index (κ3) is 5.72. The van der Waals surface area contributed by atoms with Crippen LogP contribution in [0, 0.1) is 0 Å². The van der Waals surface area contributed by atoms with Crippen LogP contribution in [0.2, 0.25) is 0 Å². The van der Waals surface area contributed by atoms with Crippen molar-refractivity contribution < 1.29 is 19.1 Å². The molecule has 0 saturated heterocycles. The molecule has 25 heavy (non-hydrogen) atoms. The average Bonchev–Trinajstić information content (AvgIpc) is 2.60. The molecular formula is C18H21N3O4. The molecule has 0 aliphatic carbocycles. The van der Waals surface area contributed by atoms with Crippen molar-refractivity contribution in [3.63, 3.8) is 0 Å². The summed E-state index contributed by atoms with van der Waals surface area (Å²) in [5.74, 6) is 0.767. The summed E-state index contributed by atoms with van der Waals surface area (Å²) in [7, 11) is 1.60. The maximum atomic E-state index is 11.9. The van der Waals surface area contributed by atoms with Crippen LogP contribution < -0.4 is 21.1 Å². The van der Waals surface area contributed by atoms with Gasteiger partial charge in [-0.2, -0.15) is 0 Å². The lowest BCUT2D eigenvalue weighted by atomic mass is 10.1. The minimum atomic E-state index is -0.826. The summed E-state index contributed by atoms with van der Waals surface area (Å²) in [5.41, 5.74) is 7.36. The van der Waals surface area contributed by atoms with E-state index in [1.54, 1.807) is 38.3 Å². The molecule has 0 saturated carbocycles. The number of urea groups is 1. The van der Waals surface area contributed by atoms with Gasteiger partial charge in [0.15, 0.2) is 0 Å². The summed E-state index contributed by atoms with van der Waals surface area (Å²) >= 11 is 0. The van der Waals surface area contributed by atoms with Crippen molar-refractivity contribution >= 4 is 17.8 Å². The summed E-state index contributed by atoms with van der Waals surface area (Å²) in [5, 5.41) is 5.51. The molecule has 132 valence electrons. The van der Waals surface area contributed by atoms with Gasteiger partial charge >= 0.3 is 12.1 Å². The molecule has 3 amide bonds. The highest BCUT2D eigenvalue weighted by Crippen LogP contribution is 2.19. The van der Waals surface area contributed by atoms with E-state index in [1.165, 1.54) is 0 Å². The van der Waals surface area contributed by atoms with E-state index in [4.69, 9.17) is 15.2 Å². The molecule has 2 aromatic carbocycles. The van der Waals surface area contributed by atoms with Crippen molar-refractivity contribution in [1.82, 2.24) is 5.32 Å². The molecule has 0 fully saturated rings. The molecule has 7 heteroatoms. The molecule has 1 unspecified atom stereocenters. The summed E-state index contributed by atoms with van der Waals surface area (Å²) in [6.07, 6.45) is -1.27. The molecule has 0 aliphatic rings. The van der Waals surface area contributed by atoms with E-state index in [0.717, 1.165) is 16.9 Å². The van der Waals surface area contributed by atoms with Gasteiger partial charge in [0, 0.05) is 12.2 Å². The summed E-state index contributed by atoms with van der Waals surface area (Å²) in [4.78, 5) is 22.7. The average molecular weight is 343 g/mol. The largest absolute Gasteiger partial charge is 0.497 e. The van der Waals surface area contributed by atoms with Crippen LogP contribution >= 0.6 is 0 Å². The number of nitrogens with two attached hydrogens (primary N) is 1. The molecule has 4 N–H and O–H groups in total. The van der Waals surface area contributed by atoms with E-state index in [1.807, 2.05) is 24.3 Å². The lowest BCUT2D eigenvalue weighted by Crippen LogP contribution is -2.28. The van der Waals surface area contributed by atoms with Crippen LogP contribution in [0.1, 0.15) is 24.2 Å². The second kappa shape index (κ2) is 8.58. The molecule has 0 bridgehead atoms. The molecule has 0 radical (unpaired) electrons. The fourth-order valence-electron chi connectivity index (χ4n) is 2.18. The quantitative estimate of drug-likeness (QED) is 0.749. The first-order chi connectivity index (χ1) is 12.0. The number of hydrogen-bond donors (Lipinski definition) is 3. The Kier molecular flexibility index (Phi) is 6.22. The smallest absolute Gasteiger partial charge is 0.405 e. The number of ether oxygens (including phenoxy) is 2. The standard InChI is InChI=1S/C18H21N3O4/c1-12(25-17(19)22)14-5-7-15(8-6-14)21-18(23)20-11-13-3-9-16(24-2)10-4-13/h3-10,12H,11H2,1-2H3,(H2,19,22)(H2,20,21,23). The van der Waals surface area contributed by atoms with E-state index in [9.17, 15) is 9.59 Å². The first kappa shape index (κ1) is 18.1. The molecule has 1 atom stereocenters. The number of rotatable bonds is 6. The van der Waals surface area contributed by atoms with Gasteiger partial charge in [0.1, 0.15) is 11.9 Å². The van der Waals surface area contributed by atoms with Crippen molar-refractivity contribution in [2.75, 3.05) is 12.4 Å². The second-order valence-corrected chi connectivity index (χ2v) is 5.36. The highest BCUT2D eigenvalue weighted by Gasteiger charge is 2.09. The fraction of sp³-hybridized carbons (Fsp3) is 0.222. The van der Waals surface area contributed by atoms with Gasteiger partial charge in [-0.1, -0.05) is 24.3 Å². The van der Waals surface area contributed by atoms with E-state index >= 15 is 0 Å². The predicted octanol–water partition coefficient (Wildman–Crippen LogP) is 3.17. The van der Waals surface area contributed by atoms with Gasteiger partial charge in [0.25, 0.3) is 0 Å². The van der Waals surface area contributed by atoms with Crippen LogP contribution in [0.3, 0.4) is 0 Å². The SMILES string of the molecule is COc1ccc(CNC(=O)Nc2ccc(C(C)OC(N)=O)cc2)cc1. The van der Waals surface area contributed by atoms with Gasteiger partial charge in [-0.15, -0.1) is 0 Å². The van der Waals surface area contributed by atoms with E-state index < -0.39 is 12.2 Å². The zero-order valence-electron chi connectivity index (χ0n) is 14.1. The van der Waals surface area contributed by atoms with Crippen LogP contribution in [0.4, 0.5) is 15.3 Å². The van der Waals surface area contributed by atoms with Gasteiger partial charge in [-0.3, -0.25) is 0 Å². The van der Waals surface area contributed by atoms with Gasteiger partial charge < -0.3 is 25.8 Å². The lowest BCUT2D eigenvalue weighted by molar-refractivity contribution is 0.116. The molecular weight excluding hydrogens is 322 g/mol. The third-order valence-electron chi connectivity index (χ3n) is 3.54. The molecule has 0 spiro atoms. The van der Waals surface area contributed by atoms with Crippen LogP contribution in [-0.2, 0) is 11.3 Å². The Morgan fingerprint density at radius 2 is 1.72 bits per heavy atom. The van der Waals surface area contributed by atoms with Crippen molar-refractivity contribution in [1.29, 1.82) is 0 Å². The van der Waals surface area contributed by atoms with Crippen molar-refractivity contribution in [2.24, 2.45) is 5.73 Å². The number of nitrogens with one attached hydrogen (secondary N) is 2. The van der Waals surface area contributed by atoms with Crippen LogP contribution in [-0.4, -0.2) is 19.2 Å². The van der Waals surface area contributed by atoms with Crippen LogP contribution in [0.25, 0.3) is 0 Å². The van der Waals surface area contributed by atoms with E-state index in [0.29, 0.717) is 12.2 Å². The van der Waals surface area contributed by atoms with Gasteiger partial charge in [0.05, 0.1) is 7.11 Å². The number of anilines is 1. The minimum absolute atomic E-state index is 0.315. The Bertz CT molecular complexity index is 714. The first-order valence-electron chi connectivity index (χ1n) is 7.71. The number of amides is 3. The second-order valence-electron chi connectivity index (χ2n) is 5.36. The number of primary amides is 1. The molecule has 2 aromatic rings. The van der Waals surface area contributed by atoms with E-state index in [-0.39, 0.29) is 6.03 Å². The van der Waals surface area contributed by atoms with Gasteiger partial charge in [-0.05, 0) is 42.3 Å². The van der Waals surface area contributed by atoms with Crippen LogP contribution in [0.5, 0.6) is 5.75 Å². The Labute approximate surface area is 146 Å². The molecule has 2 rings (SSSR count). The minimum Gasteiger partial charge on any atom is -0.497 e. The molecule has 0 aliphatic heterocycles. The number of carbonyl (C=O) groups excluding carboxylic acids is 2. The Hall–Kier alpha value is -3.22. The Morgan fingerprint density at radius 3 is 2.28 bits per heavy atom. The zero-order chi connectivity index (χ0) is 18.2. The number of carbonyl (C=O) groups is 2. The lowest BCUT2D eigenvalue weighted by Gasteiger charge is -2.13. The van der Waals surface area contributed by atoms with Gasteiger partial charge in [-0.25, -0.2) is 9.59 Å². The molecule has 7 nitrogen and oxygen atoms in total. The Balaban J connectivity index is 1.84. The third-order valence-corrected chi connectivity index (χ3v) is 3.54. The summed E-state index contributed by atoms with van der Waals surface area (Å²) < 4.78 is 9.98. The molecule has 0 aromatic heterocycles. The topological polar surface area (TPSA) is 103 Å². The van der Waals surface area contributed by atoms with Crippen LogP contribution in [0.15, 0.2) is 48.5 Å². The van der Waals surface area contributed by atoms with E-state index in [2.05, 4.69) is 10.6 Å². The maximum Gasteiger partial charge on any atom is 0.405 e. The zero-order valence-corrected chi connectivity index (χ0v) is 14.1. The Morgan fingerprint density at radius 1 is 1.08 bits per heavy atom. The highest BCUT2D eigenvalue weighted by molar-refractivity contribution is 5.89. The molecule has 0 heterocycles. The monoisotopic (exact) mass is 343 g/mol. The fourth-order valence-corrected chi connectivity index (χ4v) is 2.18. The van der Waals surface area contributed by atoms with Crippen molar-refractivity contribution in [2.45, 2.75) is 19.6 Å². The maximum absolute atomic E-state index is 11.9. The van der Waals surface area contributed by atoms with Gasteiger partial charge in [0.2, 0.25) is 0 Å². The summed E-state index contributed by atoms with van der Waals surface area (Å²) in [6.45, 7) is 2.12. The summed E-state index contributed by atoms with van der Waals surface area (Å²) in [6, 6.07) is 14.1. The van der Waals surface area contributed by atoms with Crippen molar-refractivity contribution in [3.8, 4) is 5.75 Å². The number of hydrogen-bond acceptors (Lipinski definition) is 4. The predicted molar refractivity (Wildman–Crippen MR) is 94.4 cm³/mol. The highest BCUT2D eigenvalue weighted by atomic mass is 16.6. The number of benzene rings is 2. The normalized spacial score (nSPS) is 11.3. The number of methoxy groups -OCH3 is 1.